The summed E-state index contributed by atoms with van der Waals surface area (Å²) in [6.07, 6.45) is 0. The third kappa shape index (κ3) is 2.44. The molecule has 0 aliphatic rings. The summed E-state index contributed by atoms with van der Waals surface area (Å²) < 4.78 is 4.56. The van der Waals surface area contributed by atoms with Gasteiger partial charge in [0.2, 0.25) is 0 Å². The first-order valence-corrected chi connectivity index (χ1v) is 5.02. The molecule has 0 spiro atoms. The van der Waals surface area contributed by atoms with Gasteiger partial charge in [0.15, 0.2) is 0 Å². The molecule has 3 nitrogen and oxygen atoms in total. The van der Waals surface area contributed by atoms with E-state index in [2.05, 4.69) is 17.4 Å². The molecule has 0 heterocycles. The summed E-state index contributed by atoms with van der Waals surface area (Å²) in [5.41, 5.74) is 1.28. The summed E-state index contributed by atoms with van der Waals surface area (Å²) in [4.78, 5) is 11.7. The van der Waals surface area contributed by atoms with Gasteiger partial charge in [-0.15, -0.1) is 24.2 Å². The minimum atomic E-state index is -0.516. The third-order valence-corrected chi connectivity index (χ3v) is 2.55. The van der Waals surface area contributed by atoms with Gasteiger partial charge in [-0.25, -0.2) is 4.79 Å². The molecule has 0 aliphatic heterocycles. The maximum atomic E-state index is 11.3. The van der Waals surface area contributed by atoms with Gasteiger partial charge in [-0.05, 0) is 17.7 Å². The van der Waals surface area contributed by atoms with Crippen LogP contribution in [0, 0.1) is 11.3 Å². The summed E-state index contributed by atoms with van der Waals surface area (Å²) in [5.74, 6) is -0.310. The average molecular weight is 242 g/mol. The highest BCUT2D eigenvalue weighted by Crippen LogP contribution is 2.22. The molecule has 0 N–H and O–H groups in total. The van der Waals surface area contributed by atoms with Gasteiger partial charge in [-0.3, -0.25) is 0 Å². The lowest BCUT2D eigenvalue weighted by Gasteiger charge is -2.06. The highest BCUT2D eigenvalue weighted by Gasteiger charge is 2.13. The van der Waals surface area contributed by atoms with Crippen LogP contribution in [0.25, 0.3) is 0 Å². The van der Waals surface area contributed by atoms with Crippen LogP contribution in [0.15, 0.2) is 17.0 Å². The molecule has 0 amide bonds. The van der Waals surface area contributed by atoms with Crippen molar-refractivity contribution in [3.8, 4) is 6.07 Å². The number of rotatable bonds is 2. The number of nitriles is 1. The molecule has 0 fully saturated rings. The molecule has 1 rings (SSSR count). The van der Waals surface area contributed by atoms with Crippen LogP contribution in [0.3, 0.4) is 0 Å². The van der Waals surface area contributed by atoms with Crippen molar-refractivity contribution in [1.82, 2.24) is 0 Å². The van der Waals surface area contributed by atoms with E-state index < -0.39 is 5.97 Å². The van der Waals surface area contributed by atoms with E-state index >= 15 is 0 Å². The zero-order valence-corrected chi connectivity index (χ0v) is 9.60. The Balaban J connectivity index is 3.33. The predicted molar refractivity (Wildman–Crippen MR) is 59.3 cm³/mol. The molecule has 0 aliphatic carbocycles. The molecule has 5 heteroatoms. The van der Waals surface area contributed by atoms with Crippen molar-refractivity contribution in [2.75, 3.05) is 7.11 Å². The number of hydrogen-bond donors (Lipinski definition) is 1. The second-order valence-electron chi connectivity index (χ2n) is 2.76. The van der Waals surface area contributed by atoms with E-state index in [1.54, 1.807) is 6.07 Å². The summed E-state index contributed by atoms with van der Waals surface area (Å²) in [6.45, 7) is 0. The summed E-state index contributed by atoms with van der Waals surface area (Å²) in [7, 11) is 1.27. The molecule has 0 unspecified atom stereocenters. The fourth-order valence-corrected chi connectivity index (χ4v) is 1.65. The number of carbonyl (C=O) groups is 1. The Hall–Kier alpha value is -1.18. The van der Waals surface area contributed by atoms with E-state index in [9.17, 15) is 4.79 Å². The predicted octanol–water partition coefficient (Wildman–Crippen LogP) is 2.37. The number of ether oxygens (including phenoxy) is 1. The molecule has 1 aromatic rings. The lowest BCUT2D eigenvalue weighted by molar-refractivity contribution is 0.0597. The molecule has 15 heavy (non-hydrogen) atoms. The first-order valence-electron chi connectivity index (χ1n) is 4.04. The minimum Gasteiger partial charge on any atom is -0.465 e. The standard InChI is InChI=1S/C10H8ClNO2S/c1-14-10(13)8-2-7(5-12)6(4-11)3-9(8)15/h2-3,15H,4H2,1H3. The first kappa shape index (κ1) is 11.9. The van der Waals surface area contributed by atoms with Crippen molar-refractivity contribution < 1.29 is 9.53 Å². The minimum absolute atomic E-state index is 0.206. The van der Waals surface area contributed by atoms with Gasteiger partial charge in [-0.1, -0.05) is 0 Å². The Bertz CT molecular complexity index is 440. The molecular formula is C10H8ClNO2S. The highest BCUT2D eigenvalue weighted by molar-refractivity contribution is 7.80. The van der Waals surface area contributed by atoms with Gasteiger partial charge >= 0.3 is 5.97 Å². The van der Waals surface area contributed by atoms with Crippen LogP contribution in [0.1, 0.15) is 21.5 Å². The summed E-state index contributed by atoms with van der Waals surface area (Å²) in [5, 5.41) is 8.83. The lowest BCUT2D eigenvalue weighted by Crippen LogP contribution is -2.04. The number of carbonyl (C=O) groups excluding carboxylic acids is 1. The molecule has 78 valence electrons. The van der Waals surface area contributed by atoms with Gasteiger partial charge in [0, 0.05) is 10.8 Å². The molecule has 0 aromatic heterocycles. The van der Waals surface area contributed by atoms with E-state index in [4.69, 9.17) is 16.9 Å². The second-order valence-corrected chi connectivity index (χ2v) is 3.51. The number of esters is 1. The maximum Gasteiger partial charge on any atom is 0.339 e. The van der Waals surface area contributed by atoms with Crippen molar-refractivity contribution in [2.45, 2.75) is 10.8 Å². The molecule has 0 saturated heterocycles. The molecule has 1 aromatic carbocycles. The number of nitrogens with zero attached hydrogens (tertiary/aromatic N) is 1. The topological polar surface area (TPSA) is 50.1 Å². The van der Waals surface area contributed by atoms with Crippen molar-refractivity contribution >= 4 is 30.2 Å². The number of benzene rings is 1. The molecule has 0 atom stereocenters. The Kier molecular flexibility index (Phi) is 4.01. The summed E-state index contributed by atoms with van der Waals surface area (Å²) >= 11 is 9.78. The monoisotopic (exact) mass is 241 g/mol. The fourth-order valence-electron chi connectivity index (χ4n) is 1.12. The second kappa shape index (κ2) is 5.06. The summed E-state index contributed by atoms with van der Waals surface area (Å²) in [6, 6.07) is 5.00. The van der Waals surface area contributed by atoms with E-state index in [1.807, 2.05) is 6.07 Å². The van der Waals surface area contributed by atoms with Gasteiger partial charge in [0.25, 0.3) is 0 Å². The zero-order chi connectivity index (χ0) is 11.4. The molecule has 0 bridgehead atoms. The van der Waals surface area contributed by atoms with Crippen LogP contribution in [-0.4, -0.2) is 13.1 Å². The van der Waals surface area contributed by atoms with Crippen LogP contribution in [-0.2, 0) is 10.6 Å². The van der Waals surface area contributed by atoms with Crippen LogP contribution in [0.4, 0.5) is 0 Å². The number of alkyl halides is 1. The molecule has 0 radical (unpaired) electrons. The Morgan fingerprint density at radius 3 is 2.80 bits per heavy atom. The molecule has 0 saturated carbocycles. The van der Waals surface area contributed by atoms with E-state index in [0.717, 1.165) is 0 Å². The van der Waals surface area contributed by atoms with Gasteiger partial charge < -0.3 is 4.74 Å². The van der Waals surface area contributed by atoms with Gasteiger partial charge in [0.05, 0.1) is 24.3 Å². The smallest absolute Gasteiger partial charge is 0.339 e. The number of methoxy groups -OCH3 is 1. The number of hydrogen-bond acceptors (Lipinski definition) is 4. The van der Waals surface area contributed by atoms with Crippen LogP contribution in [0.2, 0.25) is 0 Å². The lowest BCUT2D eigenvalue weighted by atomic mass is 10.1. The number of halogens is 1. The maximum absolute atomic E-state index is 11.3. The Morgan fingerprint density at radius 1 is 1.67 bits per heavy atom. The van der Waals surface area contributed by atoms with Gasteiger partial charge in [-0.2, -0.15) is 5.26 Å². The van der Waals surface area contributed by atoms with Crippen LogP contribution >= 0.6 is 24.2 Å². The van der Waals surface area contributed by atoms with Crippen molar-refractivity contribution in [2.24, 2.45) is 0 Å². The first-order chi connectivity index (χ1) is 7.13. The van der Waals surface area contributed by atoms with Crippen molar-refractivity contribution in [3.05, 3.63) is 28.8 Å². The normalized spacial score (nSPS) is 9.47. The highest BCUT2D eigenvalue weighted by atomic mass is 35.5. The van der Waals surface area contributed by atoms with Gasteiger partial charge in [0.1, 0.15) is 0 Å². The Labute approximate surface area is 98.0 Å². The largest absolute Gasteiger partial charge is 0.465 e. The third-order valence-electron chi connectivity index (χ3n) is 1.89. The Morgan fingerprint density at radius 2 is 2.33 bits per heavy atom. The van der Waals surface area contributed by atoms with E-state index in [0.29, 0.717) is 16.0 Å². The number of thiol groups is 1. The van der Waals surface area contributed by atoms with Crippen LogP contribution in [0.5, 0.6) is 0 Å². The quantitative estimate of drug-likeness (QED) is 0.491. The fraction of sp³-hybridized carbons (Fsp3) is 0.200. The van der Waals surface area contributed by atoms with E-state index in [1.165, 1.54) is 13.2 Å². The van der Waals surface area contributed by atoms with Crippen molar-refractivity contribution in [1.29, 1.82) is 5.26 Å². The van der Waals surface area contributed by atoms with E-state index in [-0.39, 0.29) is 11.4 Å². The van der Waals surface area contributed by atoms with Crippen LogP contribution < -0.4 is 0 Å². The molecular weight excluding hydrogens is 234 g/mol. The average Bonchev–Trinajstić information content (AvgIpc) is 2.27. The SMILES string of the molecule is COC(=O)c1cc(C#N)c(CCl)cc1S. The zero-order valence-electron chi connectivity index (χ0n) is 7.95. The van der Waals surface area contributed by atoms with Crippen molar-refractivity contribution in [3.63, 3.8) is 0 Å².